The molecule has 2 bridgehead atoms. The van der Waals surface area contributed by atoms with Gasteiger partial charge in [0.25, 0.3) is 0 Å². The van der Waals surface area contributed by atoms with E-state index < -0.39 is 5.60 Å². The summed E-state index contributed by atoms with van der Waals surface area (Å²) in [6, 6.07) is 0.520. The van der Waals surface area contributed by atoms with Gasteiger partial charge in [-0.1, -0.05) is 0 Å². The highest BCUT2D eigenvalue weighted by Crippen LogP contribution is 2.39. The molecule has 98 valence electrons. The summed E-state index contributed by atoms with van der Waals surface area (Å²) in [5, 5.41) is 9.36. The number of carbonyl (C=O) groups is 1. The van der Waals surface area contributed by atoms with Crippen LogP contribution >= 0.6 is 0 Å². The van der Waals surface area contributed by atoms with Crippen LogP contribution in [0.2, 0.25) is 0 Å². The molecule has 0 saturated carbocycles. The summed E-state index contributed by atoms with van der Waals surface area (Å²) in [4.78, 5) is 14.0. The number of piperidine rings is 1. The van der Waals surface area contributed by atoms with Crippen molar-refractivity contribution in [3.05, 3.63) is 0 Å². The number of ether oxygens (including phenoxy) is 1. The first-order valence-corrected chi connectivity index (χ1v) is 6.54. The number of aliphatic hydroxyl groups is 1. The molecule has 2 saturated heterocycles. The molecular weight excluding hydrogens is 218 g/mol. The van der Waals surface area contributed by atoms with E-state index in [-0.39, 0.29) is 24.7 Å². The normalized spacial score (nSPS) is 32.7. The molecule has 1 N–H and O–H groups in total. The first kappa shape index (κ1) is 12.7. The molecule has 2 rings (SSSR count). The number of carbonyl (C=O) groups excluding carboxylic acids is 1. The highest BCUT2D eigenvalue weighted by Gasteiger charge is 2.45. The molecule has 0 aliphatic carbocycles. The van der Waals surface area contributed by atoms with Gasteiger partial charge in [-0.25, -0.2) is 4.79 Å². The Bertz CT molecular complexity index is 298. The maximum Gasteiger partial charge on any atom is 0.410 e. The van der Waals surface area contributed by atoms with E-state index >= 15 is 0 Å². The van der Waals surface area contributed by atoms with Crippen LogP contribution < -0.4 is 0 Å². The third-order valence-electron chi connectivity index (χ3n) is 3.80. The lowest BCUT2D eigenvalue weighted by molar-refractivity contribution is -0.00717. The topological polar surface area (TPSA) is 49.8 Å². The Kier molecular flexibility index (Phi) is 3.34. The summed E-state index contributed by atoms with van der Waals surface area (Å²) in [7, 11) is 0. The van der Waals surface area contributed by atoms with Gasteiger partial charge in [0.15, 0.2) is 0 Å². The van der Waals surface area contributed by atoms with Gasteiger partial charge in [-0.2, -0.15) is 0 Å². The summed E-state index contributed by atoms with van der Waals surface area (Å²) >= 11 is 0. The SMILES string of the molecule is CC(C)(C)OC(=O)N1C2CCC1[C@H](CO)CC2. The number of nitrogens with zero attached hydrogens (tertiary/aromatic N) is 1. The summed E-state index contributed by atoms with van der Waals surface area (Å²) in [6.07, 6.45) is 3.89. The summed E-state index contributed by atoms with van der Waals surface area (Å²) < 4.78 is 5.46. The Morgan fingerprint density at radius 1 is 1.29 bits per heavy atom. The highest BCUT2D eigenvalue weighted by molar-refractivity contribution is 5.69. The van der Waals surface area contributed by atoms with E-state index in [0.29, 0.717) is 6.04 Å². The largest absolute Gasteiger partial charge is 0.444 e. The lowest BCUT2D eigenvalue weighted by Gasteiger charge is -2.39. The first-order chi connectivity index (χ1) is 7.92. The quantitative estimate of drug-likeness (QED) is 0.765. The van der Waals surface area contributed by atoms with E-state index in [2.05, 4.69) is 0 Å². The lowest BCUT2D eigenvalue weighted by atomic mass is 9.91. The maximum absolute atomic E-state index is 12.2. The number of aliphatic hydroxyl groups excluding tert-OH is 1. The molecule has 2 heterocycles. The van der Waals surface area contributed by atoms with E-state index in [0.717, 1.165) is 25.7 Å². The van der Waals surface area contributed by atoms with Crippen molar-refractivity contribution >= 4 is 6.09 Å². The third-order valence-corrected chi connectivity index (χ3v) is 3.80. The molecular formula is C13H23NO3. The second kappa shape index (κ2) is 4.48. The molecule has 2 unspecified atom stereocenters. The van der Waals surface area contributed by atoms with Crippen molar-refractivity contribution in [2.75, 3.05) is 6.61 Å². The van der Waals surface area contributed by atoms with Crippen molar-refractivity contribution in [2.45, 2.75) is 64.1 Å². The second-order valence-electron chi connectivity index (χ2n) is 6.21. The standard InChI is InChI=1S/C13H23NO3/c1-13(2,3)17-12(16)14-10-5-4-9(8-15)11(14)7-6-10/h9-11,15H,4-8H2,1-3H3/t9-,10?,11?/m0/s1. The van der Waals surface area contributed by atoms with Crippen LogP contribution in [0.15, 0.2) is 0 Å². The van der Waals surface area contributed by atoms with Gasteiger partial charge in [-0.15, -0.1) is 0 Å². The van der Waals surface area contributed by atoms with Crippen LogP contribution in [0.3, 0.4) is 0 Å². The van der Waals surface area contributed by atoms with Crippen LogP contribution in [0.25, 0.3) is 0 Å². The Morgan fingerprint density at radius 2 is 1.94 bits per heavy atom. The van der Waals surface area contributed by atoms with Crippen molar-refractivity contribution in [3.8, 4) is 0 Å². The predicted molar refractivity (Wildman–Crippen MR) is 64.7 cm³/mol. The van der Waals surface area contributed by atoms with Gasteiger partial charge in [0.2, 0.25) is 0 Å². The fourth-order valence-electron chi connectivity index (χ4n) is 3.07. The molecule has 1 amide bonds. The average Bonchev–Trinajstić information content (AvgIpc) is 2.52. The molecule has 17 heavy (non-hydrogen) atoms. The van der Waals surface area contributed by atoms with Crippen LogP contribution in [-0.2, 0) is 4.74 Å². The van der Waals surface area contributed by atoms with Crippen molar-refractivity contribution in [1.82, 2.24) is 4.90 Å². The Hall–Kier alpha value is -0.770. The number of hydrogen-bond donors (Lipinski definition) is 1. The molecule has 0 aromatic carbocycles. The van der Waals surface area contributed by atoms with Crippen molar-refractivity contribution in [1.29, 1.82) is 0 Å². The molecule has 2 aliphatic heterocycles. The average molecular weight is 241 g/mol. The molecule has 4 heteroatoms. The van der Waals surface area contributed by atoms with Crippen molar-refractivity contribution in [2.24, 2.45) is 5.92 Å². The summed E-state index contributed by atoms with van der Waals surface area (Å²) in [6.45, 7) is 5.84. The second-order valence-corrected chi connectivity index (χ2v) is 6.21. The first-order valence-electron chi connectivity index (χ1n) is 6.54. The van der Waals surface area contributed by atoms with Crippen molar-refractivity contribution in [3.63, 3.8) is 0 Å². The molecule has 0 aromatic rings. The van der Waals surface area contributed by atoms with Gasteiger partial charge in [0.05, 0.1) is 0 Å². The fourth-order valence-corrected chi connectivity index (χ4v) is 3.07. The third kappa shape index (κ3) is 2.57. The molecule has 3 atom stereocenters. The minimum absolute atomic E-state index is 0.177. The number of amides is 1. The maximum atomic E-state index is 12.2. The monoisotopic (exact) mass is 241 g/mol. The number of hydrogen-bond acceptors (Lipinski definition) is 3. The zero-order valence-corrected chi connectivity index (χ0v) is 11.0. The molecule has 2 aliphatic rings. The van der Waals surface area contributed by atoms with Crippen LogP contribution in [0.5, 0.6) is 0 Å². The Balaban J connectivity index is 2.07. The van der Waals surface area contributed by atoms with Gasteiger partial charge < -0.3 is 14.7 Å². The van der Waals surface area contributed by atoms with E-state index in [1.807, 2.05) is 25.7 Å². The van der Waals surface area contributed by atoms with Gasteiger partial charge >= 0.3 is 6.09 Å². The van der Waals surface area contributed by atoms with Gasteiger partial charge in [0, 0.05) is 24.6 Å². The zero-order chi connectivity index (χ0) is 12.6. The van der Waals surface area contributed by atoms with E-state index in [1.54, 1.807) is 0 Å². The van der Waals surface area contributed by atoms with Crippen LogP contribution in [-0.4, -0.2) is 40.4 Å². The lowest BCUT2D eigenvalue weighted by Crippen LogP contribution is -2.50. The zero-order valence-electron chi connectivity index (χ0n) is 11.0. The number of rotatable bonds is 1. The summed E-state index contributed by atoms with van der Waals surface area (Å²) in [5.41, 5.74) is -0.442. The van der Waals surface area contributed by atoms with E-state index in [4.69, 9.17) is 4.74 Å². The number of fused-ring (bicyclic) bond motifs is 2. The predicted octanol–water partition coefficient (Wildman–Crippen LogP) is 2.16. The fraction of sp³-hybridized carbons (Fsp3) is 0.923. The molecule has 0 spiro atoms. The van der Waals surface area contributed by atoms with Crippen LogP contribution in [0, 0.1) is 5.92 Å². The van der Waals surface area contributed by atoms with E-state index in [9.17, 15) is 9.90 Å². The van der Waals surface area contributed by atoms with Gasteiger partial charge in [-0.3, -0.25) is 0 Å². The van der Waals surface area contributed by atoms with Crippen molar-refractivity contribution < 1.29 is 14.6 Å². The minimum atomic E-state index is -0.442. The molecule has 0 radical (unpaired) electrons. The smallest absolute Gasteiger partial charge is 0.410 e. The van der Waals surface area contributed by atoms with E-state index in [1.165, 1.54) is 0 Å². The Morgan fingerprint density at radius 3 is 2.53 bits per heavy atom. The molecule has 0 aromatic heterocycles. The van der Waals surface area contributed by atoms with Crippen LogP contribution in [0.1, 0.15) is 46.5 Å². The summed E-state index contributed by atoms with van der Waals surface area (Å²) in [5.74, 6) is 0.237. The highest BCUT2D eigenvalue weighted by atomic mass is 16.6. The Labute approximate surface area is 103 Å². The molecule has 2 fully saturated rings. The van der Waals surface area contributed by atoms with Crippen LogP contribution in [0.4, 0.5) is 4.79 Å². The molecule has 4 nitrogen and oxygen atoms in total. The van der Waals surface area contributed by atoms with Gasteiger partial charge in [-0.05, 0) is 46.5 Å². The minimum Gasteiger partial charge on any atom is -0.444 e. The van der Waals surface area contributed by atoms with Gasteiger partial charge in [0.1, 0.15) is 5.60 Å².